The lowest BCUT2D eigenvalue weighted by atomic mass is 10.0. The van der Waals surface area contributed by atoms with Crippen molar-refractivity contribution in [2.45, 2.75) is 19.3 Å². The third-order valence-electron chi connectivity index (χ3n) is 3.62. The van der Waals surface area contributed by atoms with E-state index < -0.39 is 5.97 Å². The Morgan fingerprint density at radius 3 is 2.81 bits per heavy atom. The lowest BCUT2D eigenvalue weighted by Gasteiger charge is -2.17. The molecule has 1 heterocycles. The fourth-order valence-electron chi connectivity index (χ4n) is 2.43. The van der Waals surface area contributed by atoms with Crippen LogP contribution in [0.1, 0.15) is 19.3 Å². The Morgan fingerprint density at radius 2 is 2.10 bits per heavy atom. The van der Waals surface area contributed by atoms with Gasteiger partial charge < -0.3 is 19.8 Å². The van der Waals surface area contributed by atoms with Crippen molar-refractivity contribution >= 4 is 11.9 Å². The average molecular weight is 293 g/mol. The van der Waals surface area contributed by atoms with Gasteiger partial charge in [-0.3, -0.25) is 9.59 Å². The topological polar surface area (TPSA) is 87.1 Å². The summed E-state index contributed by atoms with van der Waals surface area (Å²) in [4.78, 5) is 24.2. The molecule has 6 heteroatoms. The average Bonchev–Trinajstić information content (AvgIpc) is 2.93. The predicted octanol–water partition coefficient (Wildman–Crippen LogP) is 1.48. The lowest BCUT2D eigenvalue weighted by Crippen LogP contribution is -2.33. The molecular weight excluding hydrogens is 274 g/mol. The van der Waals surface area contributed by atoms with Crippen LogP contribution in [0.15, 0.2) is 24.3 Å². The largest absolute Gasteiger partial charge is 0.504 e. The van der Waals surface area contributed by atoms with Gasteiger partial charge in [0.05, 0.1) is 0 Å². The fourth-order valence-corrected chi connectivity index (χ4v) is 2.43. The number of ether oxygens (including phenoxy) is 1. The van der Waals surface area contributed by atoms with Crippen molar-refractivity contribution in [3.8, 4) is 11.5 Å². The number of benzene rings is 1. The summed E-state index contributed by atoms with van der Waals surface area (Å²) in [5, 5.41) is 18.2. The molecule has 1 aromatic rings. The SMILES string of the molecule is O=C(O)CCC1CCN(C(=O)COc2ccccc2O)C1. The minimum Gasteiger partial charge on any atom is -0.504 e. The summed E-state index contributed by atoms with van der Waals surface area (Å²) >= 11 is 0. The summed E-state index contributed by atoms with van der Waals surface area (Å²) in [6.45, 7) is 1.09. The number of carboxylic acid groups (broad SMARTS) is 1. The summed E-state index contributed by atoms with van der Waals surface area (Å²) < 4.78 is 5.31. The number of likely N-dealkylation sites (tertiary alicyclic amines) is 1. The Kier molecular flexibility index (Phi) is 5.03. The monoisotopic (exact) mass is 293 g/mol. The van der Waals surface area contributed by atoms with Gasteiger partial charge in [0.1, 0.15) is 0 Å². The number of phenolic OH excluding ortho intramolecular Hbond substituents is 1. The molecule has 6 nitrogen and oxygen atoms in total. The predicted molar refractivity (Wildman–Crippen MR) is 75.2 cm³/mol. The molecule has 1 atom stereocenters. The lowest BCUT2D eigenvalue weighted by molar-refractivity contribution is -0.137. The van der Waals surface area contributed by atoms with Crippen LogP contribution >= 0.6 is 0 Å². The maximum absolute atomic E-state index is 12.0. The van der Waals surface area contributed by atoms with Crippen LogP contribution in [0, 0.1) is 5.92 Å². The van der Waals surface area contributed by atoms with Crippen molar-refractivity contribution < 1.29 is 24.5 Å². The molecule has 21 heavy (non-hydrogen) atoms. The van der Waals surface area contributed by atoms with Gasteiger partial charge in [-0.1, -0.05) is 12.1 Å². The molecule has 0 radical (unpaired) electrons. The van der Waals surface area contributed by atoms with Crippen molar-refractivity contribution in [1.29, 1.82) is 0 Å². The number of aromatic hydroxyl groups is 1. The van der Waals surface area contributed by atoms with Crippen LogP contribution in [-0.4, -0.2) is 46.7 Å². The molecule has 0 saturated carbocycles. The number of carbonyl (C=O) groups is 2. The maximum Gasteiger partial charge on any atom is 0.303 e. The minimum absolute atomic E-state index is 0.00561. The Morgan fingerprint density at radius 1 is 1.33 bits per heavy atom. The Labute approximate surface area is 122 Å². The van der Waals surface area contributed by atoms with Crippen LogP contribution in [0.4, 0.5) is 0 Å². The van der Waals surface area contributed by atoms with Gasteiger partial charge in [0, 0.05) is 19.5 Å². The fraction of sp³-hybridized carbons (Fsp3) is 0.467. The smallest absolute Gasteiger partial charge is 0.303 e. The highest BCUT2D eigenvalue weighted by Crippen LogP contribution is 2.25. The number of rotatable bonds is 6. The first-order chi connectivity index (χ1) is 10.1. The molecule has 1 fully saturated rings. The van der Waals surface area contributed by atoms with E-state index in [0.29, 0.717) is 19.5 Å². The van der Waals surface area contributed by atoms with Crippen molar-refractivity contribution in [2.24, 2.45) is 5.92 Å². The van der Waals surface area contributed by atoms with Gasteiger partial charge >= 0.3 is 5.97 Å². The molecule has 0 aliphatic carbocycles. The number of amides is 1. The number of hydrogen-bond acceptors (Lipinski definition) is 4. The second-order valence-corrected chi connectivity index (χ2v) is 5.18. The third kappa shape index (κ3) is 4.37. The zero-order valence-electron chi connectivity index (χ0n) is 11.7. The Bertz CT molecular complexity index is 517. The van der Waals surface area contributed by atoms with Crippen LogP contribution in [-0.2, 0) is 9.59 Å². The van der Waals surface area contributed by atoms with Gasteiger partial charge in [0.25, 0.3) is 5.91 Å². The standard InChI is InChI=1S/C15H19NO5/c17-12-3-1-2-4-13(12)21-10-14(18)16-8-7-11(9-16)5-6-15(19)20/h1-4,11,17H,5-10H2,(H,19,20). The number of para-hydroxylation sites is 2. The van der Waals surface area contributed by atoms with Gasteiger partial charge in [-0.25, -0.2) is 0 Å². The van der Waals surface area contributed by atoms with Crippen LogP contribution in [0.5, 0.6) is 11.5 Å². The molecule has 0 spiro atoms. The number of nitrogens with zero attached hydrogens (tertiary/aromatic N) is 1. The zero-order valence-corrected chi connectivity index (χ0v) is 11.7. The third-order valence-corrected chi connectivity index (χ3v) is 3.62. The second-order valence-electron chi connectivity index (χ2n) is 5.18. The van der Waals surface area contributed by atoms with E-state index in [2.05, 4.69) is 0 Å². The first-order valence-electron chi connectivity index (χ1n) is 6.96. The summed E-state index contributed by atoms with van der Waals surface area (Å²) in [5.41, 5.74) is 0. The first-order valence-corrected chi connectivity index (χ1v) is 6.96. The molecule has 114 valence electrons. The Hall–Kier alpha value is -2.24. The maximum atomic E-state index is 12.0. The quantitative estimate of drug-likeness (QED) is 0.829. The number of aliphatic carboxylic acids is 1. The summed E-state index contributed by atoms with van der Waals surface area (Å²) in [6.07, 6.45) is 1.57. The summed E-state index contributed by atoms with van der Waals surface area (Å²) in [5.74, 6) is -0.410. The molecule has 0 aromatic heterocycles. The zero-order chi connectivity index (χ0) is 15.2. The van der Waals surface area contributed by atoms with Gasteiger partial charge in [0.15, 0.2) is 18.1 Å². The van der Waals surface area contributed by atoms with Crippen LogP contribution in [0.25, 0.3) is 0 Å². The molecule has 1 amide bonds. The van der Waals surface area contributed by atoms with E-state index in [-0.39, 0.29) is 36.4 Å². The highest BCUT2D eigenvalue weighted by Gasteiger charge is 2.26. The molecule has 1 aliphatic rings. The van der Waals surface area contributed by atoms with Gasteiger partial charge in [-0.05, 0) is 30.9 Å². The molecule has 1 aromatic carbocycles. The Balaban J connectivity index is 1.77. The molecule has 1 unspecified atom stereocenters. The number of carboxylic acids is 1. The van der Waals surface area contributed by atoms with Crippen molar-refractivity contribution in [1.82, 2.24) is 4.90 Å². The number of carbonyl (C=O) groups excluding carboxylic acids is 1. The highest BCUT2D eigenvalue weighted by atomic mass is 16.5. The minimum atomic E-state index is -0.803. The van der Waals surface area contributed by atoms with E-state index in [1.165, 1.54) is 6.07 Å². The van der Waals surface area contributed by atoms with E-state index >= 15 is 0 Å². The van der Waals surface area contributed by atoms with Crippen molar-refractivity contribution in [3.63, 3.8) is 0 Å². The summed E-state index contributed by atoms with van der Waals surface area (Å²) in [6, 6.07) is 6.49. The van der Waals surface area contributed by atoms with Crippen molar-refractivity contribution in [3.05, 3.63) is 24.3 Å². The first kappa shape index (κ1) is 15.2. The highest BCUT2D eigenvalue weighted by molar-refractivity contribution is 5.78. The number of hydrogen-bond donors (Lipinski definition) is 2. The second kappa shape index (κ2) is 6.97. The molecular formula is C15H19NO5. The van der Waals surface area contributed by atoms with E-state index in [1.54, 1.807) is 23.1 Å². The molecule has 1 aliphatic heterocycles. The van der Waals surface area contributed by atoms with E-state index in [9.17, 15) is 14.7 Å². The van der Waals surface area contributed by atoms with E-state index in [1.807, 2.05) is 0 Å². The van der Waals surface area contributed by atoms with Crippen LogP contribution in [0.2, 0.25) is 0 Å². The number of phenols is 1. The van der Waals surface area contributed by atoms with Gasteiger partial charge in [0.2, 0.25) is 0 Å². The van der Waals surface area contributed by atoms with E-state index in [0.717, 1.165) is 6.42 Å². The normalized spacial score (nSPS) is 17.7. The molecule has 1 saturated heterocycles. The van der Waals surface area contributed by atoms with Crippen LogP contribution < -0.4 is 4.74 Å². The molecule has 2 rings (SSSR count). The van der Waals surface area contributed by atoms with Crippen LogP contribution in [0.3, 0.4) is 0 Å². The summed E-state index contributed by atoms with van der Waals surface area (Å²) in [7, 11) is 0. The molecule has 0 bridgehead atoms. The van der Waals surface area contributed by atoms with E-state index in [4.69, 9.17) is 9.84 Å². The van der Waals surface area contributed by atoms with Crippen molar-refractivity contribution in [2.75, 3.05) is 19.7 Å². The van der Waals surface area contributed by atoms with Gasteiger partial charge in [-0.2, -0.15) is 0 Å². The molecule has 2 N–H and O–H groups in total. The van der Waals surface area contributed by atoms with Gasteiger partial charge in [-0.15, -0.1) is 0 Å².